The zero-order chi connectivity index (χ0) is 15.1. The van der Waals surface area contributed by atoms with Crippen molar-refractivity contribution in [2.75, 3.05) is 26.2 Å². The van der Waals surface area contributed by atoms with E-state index in [1.807, 2.05) is 0 Å². The number of hydrogen-bond donors (Lipinski definition) is 1. The Bertz CT molecular complexity index is 391. The van der Waals surface area contributed by atoms with Gasteiger partial charge in [0.25, 0.3) is 0 Å². The highest BCUT2D eigenvalue weighted by atomic mass is 15.1. The first-order chi connectivity index (χ1) is 10.2. The maximum Gasteiger partial charge on any atom is 0.0332 e. The average Bonchev–Trinajstić information content (AvgIpc) is 2.50. The van der Waals surface area contributed by atoms with Crippen LogP contribution in [0.3, 0.4) is 0 Å². The minimum absolute atomic E-state index is 0.505. The van der Waals surface area contributed by atoms with E-state index in [2.05, 4.69) is 55.3 Å². The van der Waals surface area contributed by atoms with Gasteiger partial charge in [0, 0.05) is 6.04 Å². The van der Waals surface area contributed by atoms with Crippen molar-refractivity contribution >= 4 is 0 Å². The average molecular weight is 288 g/mol. The van der Waals surface area contributed by atoms with Crippen molar-refractivity contribution in [3.8, 4) is 0 Å². The first-order valence-corrected chi connectivity index (χ1v) is 8.71. The molecule has 0 aromatic heterocycles. The van der Waals surface area contributed by atoms with Gasteiger partial charge in [0.2, 0.25) is 0 Å². The van der Waals surface area contributed by atoms with Gasteiger partial charge in [0.05, 0.1) is 0 Å². The number of rotatable bonds is 7. The van der Waals surface area contributed by atoms with Crippen LogP contribution < -0.4 is 5.32 Å². The fraction of sp³-hybridized carbons (Fsp3) is 0.684. The third kappa shape index (κ3) is 5.44. The molecule has 1 unspecified atom stereocenters. The fourth-order valence-electron chi connectivity index (χ4n) is 3.10. The van der Waals surface area contributed by atoms with Crippen LogP contribution in [-0.4, -0.2) is 31.1 Å². The third-order valence-electron chi connectivity index (χ3n) is 4.73. The molecule has 1 aliphatic rings. The molecule has 1 aliphatic heterocycles. The second-order valence-electron chi connectivity index (χ2n) is 6.73. The van der Waals surface area contributed by atoms with E-state index in [1.165, 1.54) is 56.4 Å². The number of aryl methyl sites for hydroxylation is 1. The molecule has 0 radical (unpaired) electrons. The number of benzene rings is 1. The van der Waals surface area contributed by atoms with Crippen LogP contribution in [0.25, 0.3) is 0 Å². The molecule has 1 aromatic carbocycles. The maximum absolute atomic E-state index is 3.73. The van der Waals surface area contributed by atoms with E-state index < -0.39 is 0 Å². The van der Waals surface area contributed by atoms with E-state index in [4.69, 9.17) is 0 Å². The Balaban J connectivity index is 1.88. The Morgan fingerprint density at radius 3 is 2.48 bits per heavy atom. The van der Waals surface area contributed by atoms with Crippen LogP contribution in [0.1, 0.15) is 56.7 Å². The summed E-state index contributed by atoms with van der Waals surface area (Å²) in [6.07, 6.45) is 5.16. The highest BCUT2D eigenvalue weighted by Crippen LogP contribution is 2.21. The summed E-state index contributed by atoms with van der Waals surface area (Å²) in [7, 11) is 0. The molecule has 2 heteroatoms. The minimum atomic E-state index is 0.505. The van der Waals surface area contributed by atoms with Crippen LogP contribution in [0.5, 0.6) is 0 Å². The number of likely N-dealkylation sites (tertiary alicyclic amines) is 1. The van der Waals surface area contributed by atoms with Gasteiger partial charge in [-0.15, -0.1) is 0 Å². The van der Waals surface area contributed by atoms with Crippen LogP contribution in [0.2, 0.25) is 0 Å². The molecule has 1 atom stereocenters. The van der Waals surface area contributed by atoms with Crippen molar-refractivity contribution in [1.29, 1.82) is 0 Å². The van der Waals surface area contributed by atoms with Crippen molar-refractivity contribution in [2.24, 2.45) is 5.92 Å². The largest absolute Gasteiger partial charge is 0.310 e. The molecule has 1 aromatic rings. The quantitative estimate of drug-likeness (QED) is 0.810. The lowest BCUT2D eigenvalue weighted by Crippen LogP contribution is -2.35. The Kier molecular flexibility index (Phi) is 6.72. The summed E-state index contributed by atoms with van der Waals surface area (Å²) in [6, 6.07) is 9.56. The van der Waals surface area contributed by atoms with E-state index in [1.54, 1.807) is 0 Å². The van der Waals surface area contributed by atoms with Gasteiger partial charge in [-0.05, 0) is 70.3 Å². The summed E-state index contributed by atoms with van der Waals surface area (Å²) in [5.41, 5.74) is 2.79. The summed E-state index contributed by atoms with van der Waals surface area (Å²) in [5.74, 6) is 0.923. The lowest BCUT2D eigenvalue weighted by atomic mass is 9.98. The second kappa shape index (κ2) is 8.55. The molecule has 1 fully saturated rings. The molecule has 2 rings (SSSR count). The second-order valence-corrected chi connectivity index (χ2v) is 6.73. The number of nitrogens with one attached hydrogen (secondary N) is 1. The van der Waals surface area contributed by atoms with Gasteiger partial charge in [-0.3, -0.25) is 0 Å². The SMILES string of the molecule is CCCNC(CCN1CCC(C)CC1)c1ccc(C)cc1. The zero-order valence-corrected chi connectivity index (χ0v) is 14.1. The maximum atomic E-state index is 3.73. The standard InChI is InChI=1S/C19H32N2/c1-4-12-20-19(18-7-5-16(2)6-8-18)11-15-21-13-9-17(3)10-14-21/h5-8,17,19-20H,4,9-15H2,1-3H3. The first kappa shape index (κ1) is 16.5. The van der Waals surface area contributed by atoms with Gasteiger partial charge in [-0.2, -0.15) is 0 Å². The predicted octanol–water partition coefficient (Wildman–Crippen LogP) is 4.16. The van der Waals surface area contributed by atoms with Gasteiger partial charge in [-0.1, -0.05) is 43.7 Å². The summed E-state index contributed by atoms with van der Waals surface area (Å²) in [6.45, 7) is 11.7. The summed E-state index contributed by atoms with van der Waals surface area (Å²) in [4.78, 5) is 2.65. The van der Waals surface area contributed by atoms with Crippen molar-refractivity contribution in [1.82, 2.24) is 10.2 Å². The van der Waals surface area contributed by atoms with Crippen molar-refractivity contribution < 1.29 is 0 Å². The smallest absolute Gasteiger partial charge is 0.0332 e. The monoisotopic (exact) mass is 288 g/mol. The van der Waals surface area contributed by atoms with Crippen molar-refractivity contribution in [3.63, 3.8) is 0 Å². The summed E-state index contributed by atoms with van der Waals surface area (Å²) in [5, 5.41) is 3.73. The van der Waals surface area contributed by atoms with E-state index in [9.17, 15) is 0 Å². The number of piperidine rings is 1. The Hall–Kier alpha value is -0.860. The van der Waals surface area contributed by atoms with E-state index in [-0.39, 0.29) is 0 Å². The third-order valence-corrected chi connectivity index (χ3v) is 4.73. The van der Waals surface area contributed by atoms with Crippen LogP contribution in [0, 0.1) is 12.8 Å². The highest BCUT2D eigenvalue weighted by molar-refractivity contribution is 5.24. The van der Waals surface area contributed by atoms with Gasteiger partial charge >= 0.3 is 0 Å². The van der Waals surface area contributed by atoms with Gasteiger partial charge < -0.3 is 10.2 Å². The van der Waals surface area contributed by atoms with Crippen molar-refractivity contribution in [2.45, 2.75) is 52.5 Å². The molecule has 2 nitrogen and oxygen atoms in total. The number of nitrogens with zero attached hydrogens (tertiary/aromatic N) is 1. The zero-order valence-electron chi connectivity index (χ0n) is 14.1. The summed E-state index contributed by atoms with van der Waals surface area (Å²) >= 11 is 0. The van der Waals surface area contributed by atoms with Crippen molar-refractivity contribution in [3.05, 3.63) is 35.4 Å². The molecule has 118 valence electrons. The van der Waals surface area contributed by atoms with E-state index in [0.29, 0.717) is 6.04 Å². The molecule has 1 N–H and O–H groups in total. The normalized spacial score (nSPS) is 18.8. The van der Waals surface area contributed by atoms with Gasteiger partial charge in [0.15, 0.2) is 0 Å². The van der Waals surface area contributed by atoms with Crippen LogP contribution in [0.4, 0.5) is 0 Å². The molecule has 0 amide bonds. The molecule has 1 heterocycles. The van der Waals surface area contributed by atoms with Crippen LogP contribution in [0.15, 0.2) is 24.3 Å². The molecule has 0 saturated carbocycles. The van der Waals surface area contributed by atoms with Crippen LogP contribution >= 0.6 is 0 Å². The Morgan fingerprint density at radius 1 is 1.19 bits per heavy atom. The summed E-state index contributed by atoms with van der Waals surface area (Å²) < 4.78 is 0. The topological polar surface area (TPSA) is 15.3 Å². The fourth-order valence-corrected chi connectivity index (χ4v) is 3.10. The Morgan fingerprint density at radius 2 is 1.86 bits per heavy atom. The number of hydrogen-bond acceptors (Lipinski definition) is 2. The Labute approximate surface area is 130 Å². The molecule has 0 aliphatic carbocycles. The predicted molar refractivity (Wildman–Crippen MR) is 91.7 cm³/mol. The molecular formula is C19H32N2. The molecule has 1 saturated heterocycles. The molecule has 0 spiro atoms. The first-order valence-electron chi connectivity index (χ1n) is 8.71. The van der Waals surface area contributed by atoms with Gasteiger partial charge in [0.1, 0.15) is 0 Å². The lowest BCUT2D eigenvalue weighted by molar-refractivity contribution is 0.184. The molecular weight excluding hydrogens is 256 g/mol. The lowest BCUT2D eigenvalue weighted by Gasteiger charge is -2.31. The van der Waals surface area contributed by atoms with E-state index >= 15 is 0 Å². The van der Waals surface area contributed by atoms with Gasteiger partial charge in [-0.25, -0.2) is 0 Å². The molecule has 0 bridgehead atoms. The molecule has 21 heavy (non-hydrogen) atoms. The highest BCUT2D eigenvalue weighted by Gasteiger charge is 2.17. The van der Waals surface area contributed by atoms with Crippen LogP contribution in [-0.2, 0) is 0 Å². The minimum Gasteiger partial charge on any atom is -0.310 e. The van der Waals surface area contributed by atoms with E-state index in [0.717, 1.165) is 12.5 Å².